The Bertz CT molecular complexity index is 628. The first-order chi connectivity index (χ1) is 11.1. The molecule has 1 saturated heterocycles. The molecule has 24 heavy (non-hydrogen) atoms. The van der Waals surface area contributed by atoms with Gasteiger partial charge in [-0.1, -0.05) is 12.1 Å². The number of imidazole rings is 1. The van der Waals surface area contributed by atoms with E-state index in [0.29, 0.717) is 18.7 Å². The molecule has 2 heterocycles. The van der Waals surface area contributed by atoms with Crippen molar-refractivity contribution in [2.45, 2.75) is 39.1 Å². The number of rotatable bonds is 5. The molecule has 1 fully saturated rings. The first kappa shape index (κ1) is 18.8. The standard InChI is InChI=1S/C18H26N4O.ClH/c1-14-11-22(15(2)10-20-14)12-16-4-6-17(7-5-16)23-13-18-19-8-9-21(18)3;/h4-9,14-15,20H,10-13H2,1-3H3;1H. The Labute approximate surface area is 150 Å². The Kier molecular flexibility index (Phi) is 6.66. The third-order valence-corrected chi connectivity index (χ3v) is 4.49. The molecule has 5 nitrogen and oxygen atoms in total. The predicted molar refractivity (Wildman–Crippen MR) is 98.6 cm³/mol. The number of hydrogen-bond acceptors (Lipinski definition) is 4. The molecule has 0 radical (unpaired) electrons. The zero-order chi connectivity index (χ0) is 16.2. The number of aromatic nitrogens is 2. The van der Waals surface area contributed by atoms with Crippen molar-refractivity contribution in [2.24, 2.45) is 7.05 Å². The molecule has 1 aliphatic rings. The predicted octanol–water partition coefficient (Wildman–Crippen LogP) is 2.60. The number of aryl methyl sites for hydroxylation is 1. The molecule has 0 spiro atoms. The first-order valence-electron chi connectivity index (χ1n) is 8.27. The number of halogens is 1. The van der Waals surface area contributed by atoms with Crippen molar-refractivity contribution in [3.8, 4) is 5.75 Å². The van der Waals surface area contributed by atoms with Gasteiger partial charge in [0.15, 0.2) is 0 Å². The lowest BCUT2D eigenvalue weighted by Gasteiger charge is -2.37. The highest BCUT2D eigenvalue weighted by Gasteiger charge is 2.22. The average Bonchev–Trinajstić information content (AvgIpc) is 2.95. The van der Waals surface area contributed by atoms with Gasteiger partial charge in [0.25, 0.3) is 0 Å². The van der Waals surface area contributed by atoms with Crippen molar-refractivity contribution in [3.05, 3.63) is 48.0 Å². The largest absolute Gasteiger partial charge is 0.486 e. The minimum atomic E-state index is 0. The van der Waals surface area contributed by atoms with E-state index >= 15 is 0 Å². The van der Waals surface area contributed by atoms with Gasteiger partial charge in [0, 0.05) is 51.2 Å². The lowest BCUT2D eigenvalue weighted by atomic mass is 10.1. The molecule has 132 valence electrons. The Morgan fingerprint density at radius 2 is 2.00 bits per heavy atom. The van der Waals surface area contributed by atoms with Crippen LogP contribution in [0.3, 0.4) is 0 Å². The lowest BCUT2D eigenvalue weighted by molar-refractivity contribution is 0.139. The van der Waals surface area contributed by atoms with E-state index in [-0.39, 0.29) is 12.4 Å². The number of benzene rings is 1. The van der Waals surface area contributed by atoms with Crippen LogP contribution in [0.2, 0.25) is 0 Å². The molecule has 1 aromatic carbocycles. The van der Waals surface area contributed by atoms with E-state index in [4.69, 9.17) is 4.74 Å². The van der Waals surface area contributed by atoms with Crippen molar-refractivity contribution < 1.29 is 4.74 Å². The second-order valence-electron chi connectivity index (χ2n) is 6.47. The van der Waals surface area contributed by atoms with Gasteiger partial charge in [-0.3, -0.25) is 4.90 Å². The summed E-state index contributed by atoms with van der Waals surface area (Å²) in [6.07, 6.45) is 3.72. The van der Waals surface area contributed by atoms with E-state index < -0.39 is 0 Å². The summed E-state index contributed by atoms with van der Waals surface area (Å²) < 4.78 is 7.78. The highest BCUT2D eigenvalue weighted by Crippen LogP contribution is 2.17. The van der Waals surface area contributed by atoms with Crippen molar-refractivity contribution in [3.63, 3.8) is 0 Å². The summed E-state index contributed by atoms with van der Waals surface area (Å²) in [4.78, 5) is 6.80. The number of hydrogen-bond donors (Lipinski definition) is 1. The summed E-state index contributed by atoms with van der Waals surface area (Å²) in [5.41, 5.74) is 1.33. The van der Waals surface area contributed by atoms with E-state index in [2.05, 4.69) is 53.3 Å². The van der Waals surface area contributed by atoms with Crippen LogP contribution in [0.15, 0.2) is 36.7 Å². The van der Waals surface area contributed by atoms with Gasteiger partial charge in [-0.25, -0.2) is 4.98 Å². The molecule has 2 unspecified atom stereocenters. The normalized spacial score (nSPS) is 21.3. The maximum atomic E-state index is 5.81. The molecule has 1 aliphatic heterocycles. The summed E-state index contributed by atoms with van der Waals surface area (Å²) in [5, 5.41) is 3.52. The fourth-order valence-electron chi connectivity index (χ4n) is 2.93. The topological polar surface area (TPSA) is 42.3 Å². The Morgan fingerprint density at radius 1 is 1.25 bits per heavy atom. The molecule has 0 bridgehead atoms. The molecule has 1 aromatic heterocycles. The zero-order valence-electron chi connectivity index (χ0n) is 14.6. The molecule has 3 rings (SSSR count). The van der Waals surface area contributed by atoms with Gasteiger partial charge in [0.2, 0.25) is 0 Å². The van der Waals surface area contributed by atoms with Crippen LogP contribution < -0.4 is 10.1 Å². The Morgan fingerprint density at radius 3 is 2.67 bits per heavy atom. The fourth-order valence-corrected chi connectivity index (χ4v) is 2.93. The summed E-state index contributed by atoms with van der Waals surface area (Å²) in [6.45, 7) is 8.17. The molecule has 1 N–H and O–H groups in total. The third-order valence-electron chi connectivity index (χ3n) is 4.49. The minimum absolute atomic E-state index is 0. The highest BCUT2D eigenvalue weighted by molar-refractivity contribution is 5.85. The monoisotopic (exact) mass is 350 g/mol. The Balaban J connectivity index is 0.00000208. The van der Waals surface area contributed by atoms with E-state index in [9.17, 15) is 0 Å². The number of ether oxygens (including phenoxy) is 1. The fraction of sp³-hybridized carbons (Fsp3) is 0.500. The van der Waals surface area contributed by atoms with Gasteiger partial charge in [0.1, 0.15) is 18.2 Å². The maximum Gasteiger partial charge on any atom is 0.146 e. The molecule has 2 atom stereocenters. The highest BCUT2D eigenvalue weighted by atomic mass is 35.5. The molecule has 0 amide bonds. The summed E-state index contributed by atoms with van der Waals surface area (Å²) >= 11 is 0. The summed E-state index contributed by atoms with van der Waals surface area (Å²) in [7, 11) is 1.98. The quantitative estimate of drug-likeness (QED) is 0.900. The summed E-state index contributed by atoms with van der Waals surface area (Å²) in [6, 6.07) is 9.56. The van der Waals surface area contributed by atoms with Crippen molar-refractivity contribution in [1.82, 2.24) is 19.8 Å². The number of nitrogens with zero attached hydrogens (tertiary/aromatic N) is 3. The molecular formula is C18H27ClN4O. The van der Waals surface area contributed by atoms with Crippen LogP contribution in [0, 0.1) is 0 Å². The van der Waals surface area contributed by atoms with Crippen LogP contribution in [-0.4, -0.2) is 39.6 Å². The third kappa shape index (κ3) is 4.72. The van der Waals surface area contributed by atoms with Crippen LogP contribution in [0.4, 0.5) is 0 Å². The van der Waals surface area contributed by atoms with Crippen LogP contribution in [0.5, 0.6) is 5.75 Å². The van der Waals surface area contributed by atoms with Gasteiger partial charge in [-0.05, 0) is 31.5 Å². The van der Waals surface area contributed by atoms with Gasteiger partial charge in [-0.15, -0.1) is 12.4 Å². The van der Waals surface area contributed by atoms with E-state index in [1.54, 1.807) is 6.20 Å². The number of nitrogens with one attached hydrogen (secondary N) is 1. The lowest BCUT2D eigenvalue weighted by Crippen LogP contribution is -2.53. The van der Waals surface area contributed by atoms with Gasteiger partial charge < -0.3 is 14.6 Å². The molecule has 2 aromatic rings. The second-order valence-corrected chi connectivity index (χ2v) is 6.47. The maximum absolute atomic E-state index is 5.81. The molecule has 6 heteroatoms. The van der Waals surface area contributed by atoms with Crippen molar-refractivity contribution >= 4 is 12.4 Å². The average molecular weight is 351 g/mol. The van der Waals surface area contributed by atoms with E-state index in [1.165, 1.54) is 5.56 Å². The smallest absolute Gasteiger partial charge is 0.146 e. The minimum Gasteiger partial charge on any atom is -0.486 e. The van der Waals surface area contributed by atoms with Crippen LogP contribution in [-0.2, 0) is 20.2 Å². The second kappa shape index (κ2) is 8.51. The molecular weight excluding hydrogens is 324 g/mol. The first-order valence-corrected chi connectivity index (χ1v) is 8.27. The van der Waals surface area contributed by atoms with Gasteiger partial charge in [-0.2, -0.15) is 0 Å². The molecule has 0 aliphatic carbocycles. The van der Waals surface area contributed by atoms with E-state index in [1.807, 2.05) is 17.8 Å². The SMILES string of the molecule is CC1CN(Cc2ccc(OCc3nccn3C)cc2)C(C)CN1.Cl. The van der Waals surface area contributed by atoms with Crippen molar-refractivity contribution in [1.29, 1.82) is 0 Å². The van der Waals surface area contributed by atoms with Crippen LogP contribution in [0.1, 0.15) is 25.2 Å². The van der Waals surface area contributed by atoms with Crippen LogP contribution >= 0.6 is 12.4 Å². The van der Waals surface area contributed by atoms with Gasteiger partial charge >= 0.3 is 0 Å². The van der Waals surface area contributed by atoms with Crippen molar-refractivity contribution in [2.75, 3.05) is 13.1 Å². The zero-order valence-corrected chi connectivity index (χ0v) is 15.4. The summed E-state index contributed by atoms with van der Waals surface area (Å²) in [5.74, 6) is 1.82. The van der Waals surface area contributed by atoms with E-state index in [0.717, 1.165) is 31.2 Å². The number of piperazine rings is 1. The Hall–Kier alpha value is -1.56. The van der Waals surface area contributed by atoms with Gasteiger partial charge in [0.05, 0.1) is 0 Å². The molecule has 0 saturated carbocycles. The van der Waals surface area contributed by atoms with Crippen LogP contribution in [0.25, 0.3) is 0 Å².